The Morgan fingerprint density at radius 1 is 1.36 bits per heavy atom. The highest BCUT2D eigenvalue weighted by Gasteiger charge is 2.19. The SMILES string of the molecule is Cc1nn(C)c(C)c1-c1cc(C(=O)NCc2cc(Cl)cc3c2OCOC3)[nH]n1. The fraction of sp³-hybridized carbons (Fsp3) is 0.316. The van der Waals surface area contributed by atoms with Gasteiger partial charge in [0.25, 0.3) is 5.91 Å². The summed E-state index contributed by atoms with van der Waals surface area (Å²) in [6, 6.07) is 5.32. The second-order valence-electron chi connectivity index (χ2n) is 6.68. The van der Waals surface area contributed by atoms with Gasteiger partial charge in [-0.2, -0.15) is 10.2 Å². The van der Waals surface area contributed by atoms with Gasteiger partial charge in [-0.15, -0.1) is 0 Å². The zero-order valence-corrected chi connectivity index (χ0v) is 16.6. The Labute approximate surface area is 166 Å². The zero-order chi connectivity index (χ0) is 19.8. The van der Waals surface area contributed by atoms with Gasteiger partial charge in [0.05, 0.1) is 18.0 Å². The molecule has 0 atom stereocenters. The number of aromatic nitrogens is 4. The summed E-state index contributed by atoms with van der Waals surface area (Å²) < 4.78 is 12.7. The number of carbonyl (C=O) groups excluding carboxylic acids is 1. The van der Waals surface area contributed by atoms with Crippen molar-refractivity contribution >= 4 is 17.5 Å². The molecule has 0 spiro atoms. The van der Waals surface area contributed by atoms with Crippen LogP contribution in [0.2, 0.25) is 5.02 Å². The van der Waals surface area contributed by atoms with Crippen LogP contribution in [0.3, 0.4) is 0 Å². The summed E-state index contributed by atoms with van der Waals surface area (Å²) in [6.07, 6.45) is 0. The van der Waals surface area contributed by atoms with Gasteiger partial charge in [-0.25, -0.2) is 0 Å². The van der Waals surface area contributed by atoms with Crippen molar-refractivity contribution in [2.45, 2.75) is 27.0 Å². The molecule has 0 bridgehead atoms. The number of hydrogen-bond donors (Lipinski definition) is 2. The van der Waals surface area contributed by atoms with Crippen LogP contribution in [0.1, 0.15) is 33.0 Å². The summed E-state index contributed by atoms with van der Waals surface area (Å²) in [5.41, 5.74) is 5.51. The Bertz CT molecular complexity index is 1060. The third-order valence-corrected chi connectivity index (χ3v) is 5.00. The average Bonchev–Trinajstić information content (AvgIpc) is 3.24. The fourth-order valence-electron chi connectivity index (χ4n) is 3.37. The minimum Gasteiger partial charge on any atom is -0.467 e. The van der Waals surface area contributed by atoms with Gasteiger partial charge in [-0.1, -0.05) is 11.6 Å². The van der Waals surface area contributed by atoms with E-state index in [0.717, 1.165) is 28.1 Å². The van der Waals surface area contributed by atoms with Crippen LogP contribution < -0.4 is 10.1 Å². The van der Waals surface area contributed by atoms with E-state index in [0.29, 0.717) is 28.8 Å². The predicted octanol–water partition coefficient (Wildman–Crippen LogP) is 2.88. The lowest BCUT2D eigenvalue weighted by atomic mass is 10.1. The maximum absolute atomic E-state index is 12.6. The van der Waals surface area contributed by atoms with Crippen LogP contribution in [0.25, 0.3) is 11.3 Å². The first-order valence-corrected chi connectivity index (χ1v) is 9.18. The average molecular weight is 402 g/mol. The Morgan fingerprint density at radius 2 is 2.18 bits per heavy atom. The minimum absolute atomic E-state index is 0.184. The highest BCUT2D eigenvalue weighted by molar-refractivity contribution is 6.30. The molecule has 1 aliphatic rings. The number of amides is 1. The van der Waals surface area contributed by atoms with Crippen LogP contribution in [0.5, 0.6) is 5.75 Å². The van der Waals surface area contributed by atoms with E-state index in [1.54, 1.807) is 22.9 Å². The van der Waals surface area contributed by atoms with E-state index in [1.165, 1.54) is 0 Å². The Morgan fingerprint density at radius 3 is 2.93 bits per heavy atom. The summed E-state index contributed by atoms with van der Waals surface area (Å²) in [7, 11) is 1.88. The molecule has 9 heteroatoms. The maximum atomic E-state index is 12.6. The Kier molecular flexibility index (Phi) is 4.82. The van der Waals surface area contributed by atoms with E-state index in [4.69, 9.17) is 21.1 Å². The molecule has 0 saturated carbocycles. The van der Waals surface area contributed by atoms with Gasteiger partial charge in [-0.05, 0) is 32.0 Å². The van der Waals surface area contributed by atoms with Crippen molar-refractivity contribution in [3.05, 3.63) is 51.4 Å². The molecule has 1 amide bonds. The van der Waals surface area contributed by atoms with Crippen molar-refractivity contribution < 1.29 is 14.3 Å². The van der Waals surface area contributed by atoms with Crippen LogP contribution in [0.4, 0.5) is 0 Å². The van der Waals surface area contributed by atoms with Gasteiger partial charge in [-0.3, -0.25) is 14.6 Å². The molecule has 146 valence electrons. The van der Waals surface area contributed by atoms with E-state index in [-0.39, 0.29) is 19.2 Å². The number of H-pyrrole nitrogens is 1. The number of rotatable bonds is 4. The van der Waals surface area contributed by atoms with Crippen LogP contribution >= 0.6 is 11.6 Å². The second-order valence-corrected chi connectivity index (χ2v) is 7.12. The summed E-state index contributed by atoms with van der Waals surface area (Å²) in [6.45, 7) is 4.79. The van der Waals surface area contributed by atoms with Gasteiger partial charge in [0.2, 0.25) is 0 Å². The van der Waals surface area contributed by atoms with E-state index in [1.807, 2.05) is 20.9 Å². The standard InChI is InChI=1S/C19H20ClN5O3/c1-10-17(11(2)25(3)24-10)15-6-16(23-22-15)19(26)21-7-12-4-14(20)5-13-8-27-9-28-18(12)13/h4-6H,7-9H2,1-3H3,(H,21,26)(H,22,23). The fourth-order valence-corrected chi connectivity index (χ4v) is 3.63. The van der Waals surface area contributed by atoms with Gasteiger partial charge in [0.1, 0.15) is 11.4 Å². The molecule has 8 nitrogen and oxygen atoms in total. The van der Waals surface area contributed by atoms with Gasteiger partial charge < -0.3 is 14.8 Å². The second kappa shape index (κ2) is 7.29. The number of aryl methyl sites for hydroxylation is 2. The van der Waals surface area contributed by atoms with E-state index >= 15 is 0 Å². The normalized spacial score (nSPS) is 13.1. The quantitative estimate of drug-likeness (QED) is 0.701. The monoisotopic (exact) mass is 401 g/mol. The molecule has 1 aliphatic heterocycles. The molecule has 4 rings (SSSR count). The van der Waals surface area contributed by atoms with Gasteiger partial charge in [0.15, 0.2) is 6.79 Å². The third kappa shape index (κ3) is 3.36. The molecule has 0 fully saturated rings. The molecular formula is C19H20ClN5O3. The van der Waals surface area contributed by atoms with Crippen LogP contribution in [0, 0.1) is 13.8 Å². The summed E-state index contributed by atoms with van der Waals surface area (Å²) in [5, 5.41) is 14.9. The maximum Gasteiger partial charge on any atom is 0.269 e. The first-order valence-electron chi connectivity index (χ1n) is 8.80. The highest BCUT2D eigenvalue weighted by Crippen LogP contribution is 2.31. The Balaban J connectivity index is 1.51. The first-order chi connectivity index (χ1) is 13.4. The minimum atomic E-state index is -0.265. The van der Waals surface area contributed by atoms with Crippen molar-refractivity contribution in [3.63, 3.8) is 0 Å². The number of fused-ring (bicyclic) bond motifs is 1. The van der Waals surface area contributed by atoms with Crippen molar-refractivity contribution in [1.82, 2.24) is 25.3 Å². The number of benzene rings is 1. The van der Waals surface area contributed by atoms with Crippen LogP contribution in [0.15, 0.2) is 18.2 Å². The third-order valence-electron chi connectivity index (χ3n) is 4.78. The molecule has 0 aliphatic carbocycles. The first kappa shape index (κ1) is 18.5. The lowest BCUT2D eigenvalue weighted by Crippen LogP contribution is -2.24. The summed E-state index contributed by atoms with van der Waals surface area (Å²) in [4.78, 5) is 12.6. The molecule has 2 N–H and O–H groups in total. The molecule has 1 aromatic carbocycles. The van der Waals surface area contributed by atoms with E-state index < -0.39 is 0 Å². The largest absolute Gasteiger partial charge is 0.467 e. The van der Waals surface area contributed by atoms with E-state index in [2.05, 4.69) is 20.6 Å². The van der Waals surface area contributed by atoms with Gasteiger partial charge >= 0.3 is 0 Å². The van der Waals surface area contributed by atoms with Gasteiger partial charge in [0, 0.05) is 41.0 Å². The number of hydrogen-bond acceptors (Lipinski definition) is 5. The Hall–Kier alpha value is -2.84. The number of halogens is 1. The number of nitrogens with one attached hydrogen (secondary N) is 2. The van der Waals surface area contributed by atoms with Crippen molar-refractivity contribution in [2.75, 3.05) is 6.79 Å². The smallest absolute Gasteiger partial charge is 0.269 e. The number of aromatic amines is 1. The summed E-state index contributed by atoms with van der Waals surface area (Å²) >= 11 is 6.17. The van der Waals surface area contributed by atoms with Crippen molar-refractivity contribution in [1.29, 1.82) is 0 Å². The zero-order valence-electron chi connectivity index (χ0n) is 15.8. The topological polar surface area (TPSA) is 94.1 Å². The molecular weight excluding hydrogens is 382 g/mol. The van der Waals surface area contributed by atoms with Crippen LogP contribution in [-0.4, -0.2) is 32.7 Å². The lowest BCUT2D eigenvalue weighted by Gasteiger charge is -2.21. The van der Waals surface area contributed by atoms with E-state index in [9.17, 15) is 4.79 Å². The molecule has 0 saturated heterocycles. The lowest BCUT2D eigenvalue weighted by molar-refractivity contribution is -0.0170. The van der Waals surface area contributed by atoms with Crippen LogP contribution in [-0.2, 0) is 24.9 Å². The van der Waals surface area contributed by atoms with Crippen molar-refractivity contribution in [3.8, 4) is 17.0 Å². The molecule has 3 aromatic rings. The number of ether oxygens (including phenoxy) is 2. The molecule has 0 unspecified atom stereocenters. The molecule has 0 radical (unpaired) electrons. The highest BCUT2D eigenvalue weighted by atomic mass is 35.5. The number of nitrogens with zero attached hydrogens (tertiary/aromatic N) is 3. The predicted molar refractivity (Wildman–Crippen MR) is 103 cm³/mol. The molecule has 2 aromatic heterocycles. The number of carbonyl (C=O) groups is 1. The van der Waals surface area contributed by atoms with Crippen molar-refractivity contribution in [2.24, 2.45) is 7.05 Å². The molecule has 3 heterocycles. The molecule has 28 heavy (non-hydrogen) atoms. The summed E-state index contributed by atoms with van der Waals surface area (Å²) in [5.74, 6) is 0.446.